The molecule has 0 aliphatic carbocycles. The number of hydrogen-bond donors (Lipinski definition) is 0. The predicted molar refractivity (Wildman–Crippen MR) is 128 cm³/mol. The zero-order valence-corrected chi connectivity index (χ0v) is 18.8. The van der Waals surface area contributed by atoms with Gasteiger partial charge in [-0.2, -0.15) is 0 Å². The fourth-order valence-electron chi connectivity index (χ4n) is 3.72. The second-order valence-electron chi connectivity index (χ2n) is 7.79. The summed E-state index contributed by atoms with van der Waals surface area (Å²) < 4.78 is 14.0. The van der Waals surface area contributed by atoms with Gasteiger partial charge in [0.1, 0.15) is 18.1 Å². The van der Waals surface area contributed by atoms with E-state index in [1.54, 1.807) is 0 Å². The largest absolute Gasteiger partial charge is 0.493 e. The third kappa shape index (κ3) is 5.58. The van der Waals surface area contributed by atoms with Crippen LogP contribution < -0.4 is 9.47 Å². The molecule has 0 atom stereocenters. The van der Waals surface area contributed by atoms with E-state index in [4.69, 9.17) is 14.5 Å². The van der Waals surface area contributed by atoms with Crippen LogP contribution in [-0.4, -0.2) is 16.2 Å². The molecule has 32 heavy (non-hydrogen) atoms. The Balaban J connectivity index is 1.34. The summed E-state index contributed by atoms with van der Waals surface area (Å²) in [5, 5.41) is 0. The van der Waals surface area contributed by atoms with E-state index in [0.717, 1.165) is 53.3 Å². The number of hydrogen-bond acceptors (Lipinski definition) is 3. The number of aryl methyl sites for hydroxylation is 2. The summed E-state index contributed by atoms with van der Waals surface area (Å²) >= 11 is 0. The molecule has 4 rings (SSSR count). The maximum absolute atomic E-state index is 5.91. The second-order valence-corrected chi connectivity index (χ2v) is 7.79. The maximum Gasteiger partial charge on any atom is 0.127 e. The van der Waals surface area contributed by atoms with Crippen LogP contribution in [0.15, 0.2) is 79.1 Å². The van der Waals surface area contributed by atoms with Gasteiger partial charge < -0.3 is 14.0 Å². The molecule has 0 spiro atoms. The first kappa shape index (κ1) is 21.7. The molecule has 0 saturated heterocycles. The molecule has 0 bridgehead atoms. The Morgan fingerprint density at radius 1 is 0.906 bits per heavy atom. The number of imidazole rings is 1. The Hall–Kier alpha value is -3.53. The summed E-state index contributed by atoms with van der Waals surface area (Å²) in [5.41, 5.74) is 5.64. The van der Waals surface area contributed by atoms with Gasteiger partial charge in [-0.05, 0) is 61.2 Å². The smallest absolute Gasteiger partial charge is 0.127 e. The Morgan fingerprint density at radius 2 is 1.72 bits per heavy atom. The first-order valence-corrected chi connectivity index (χ1v) is 11.2. The van der Waals surface area contributed by atoms with Crippen LogP contribution in [-0.2, 0) is 19.6 Å². The van der Waals surface area contributed by atoms with Gasteiger partial charge >= 0.3 is 0 Å². The van der Waals surface area contributed by atoms with Gasteiger partial charge in [0.15, 0.2) is 0 Å². The zero-order valence-electron chi connectivity index (χ0n) is 18.8. The topological polar surface area (TPSA) is 36.3 Å². The van der Waals surface area contributed by atoms with Crippen molar-refractivity contribution in [2.24, 2.45) is 0 Å². The highest BCUT2D eigenvalue weighted by atomic mass is 16.5. The fraction of sp³-hybridized carbons (Fsp3) is 0.250. The van der Waals surface area contributed by atoms with Gasteiger partial charge in [0.25, 0.3) is 0 Å². The van der Waals surface area contributed by atoms with E-state index in [1.165, 1.54) is 5.69 Å². The van der Waals surface area contributed by atoms with Crippen molar-refractivity contribution >= 4 is 0 Å². The molecule has 0 aliphatic rings. The molecule has 1 heterocycles. The van der Waals surface area contributed by atoms with E-state index in [-0.39, 0.29) is 0 Å². The SMILES string of the molecule is CCc1c(-c2ccc(OCc3ccccc3)cc2)ncn1CCCOc1[c]c(C)ccc1. The summed E-state index contributed by atoms with van der Waals surface area (Å²) in [5.74, 6) is 1.67. The van der Waals surface area contributed by atoms with Crippen molar-refractivity contribution < 1.29 is 9.47 Å². The third-order valence-corrected chi connectivity index (χ3v) is 5.37. The van der Waals surface area contributed by atoms with Crippen LogP contribution in [0.2, 0.25) is 0 Å². The Bertz CT molecular complexity index is 1120. The molecule has 1 aromatic heterocycles. The van der Waals surface area contributed by atoms with Gasteiger partial charge in [-0.3, -0.25) is 0 Å². The average molecular weight is 426 g/mol. The van der Waals surface area contributed by atoms with Crippen molar-refractivity contribution in [2.45, 2.75) is 39.8 Å². The molecule has 0 N–H and O–H groups in total. The monoisotopic (exact) mass is 425 g/mol. The van der Waals surface area contributed by atoms with Crippen molar-refractivity contribution in [3.63, 3.8) is 0 Å². The highest BCUT2D eigenvalue weighted by molar-refractivity contribution is 5.63. The average Bonchev–Trinajstić information content (AvgIpc) is 3.24. The lowest BCUT2D eigenvalue weighted by Gasteiger charge is -2.10. The fourth-order valence-corrected chi connectivity index (χ4v) is 3.72. The quantitative estimate of drug-likeness (QED) is 0.281. The van der Waals surface area contributed by atoms with E-state index in [0.29, 0.717) is 13.2 Å². The molecule has 163 valence electrons. The molecule has 3 aromatic carbocycles. The van der Waals surface area contributed by atoms with Gasteiger partial charge in [0, 0.05) is 23.9 Å². The summed E-state index contributed by atoms with van der Waals surface area (Å²) in [7, 11) is 0. The Kier molecular flexibility index (Phi) is 7.23. The normalized spacial score (nSPS) is 10.8. The minimum Gasteiger partial charge on any atom is -0.493 e. The van der Waals surface area contributed by atoms with Crippen LogP contribution in [0.1, 0.15) is 30.2 Å². The van der Waals surface area contributed by atoms with Crippen molar-refractivity contribution in [1.82, 2.24) is 9.55 Å². The summed E-state index contributed by atoms with van der Waals surface area (Å²) in [6.45, 7) is 6.30. The zero-order chi connectivity index (χ0) is 22.2. The van der Waals surface area contributed by atoms with Crippen LogP contribution >= 0.6 is 0 Å². The van der Waals surface area contributed by atoms with E-state index in [9.17, 15) is 0 Å². The highest BCUT2D eigenvalue weighted by Gasteiger charge is 2.11. The lowest BCUT2D eigenvalue weighted by atomic mass is 10.1. The van der Waals surface area contributed by atoms with Crippen LogP contribution in [0.5, 0.6) is 11.5 Å². The lowest BCUT2D eigenvalue weighted by molar-refractivity contribution is 0.300. The summed E-state index contributed by atoms with van der Waals surface area (Å²) in [4.78, 5) is 4.70. The van der Waals surface area contributed by atoms with E-state index < -0.39 is 0 Å². The van der Waals surface area contributed by atoms with Gasteiger partial charge in [0.05, 0.1) is 18.6 Å². The van der Waals surface area contributed by atoms with E-state index in [1.807, 2.05) is 61.8 Å². The number of nitrogens with zero attached hydrogens (tertiary/aromatic N) is 2. The van der Waals surface area contributed by atoms with Gasteiger partial charge in [0.2, 0.25) is 0 Å². The standard InChI is InChI=1S/C28H29N2O2/c1-3-27-28(24-13-15-25(16-14-24)32-20-23-10-5-4-6-11-23)29-21-30(27)17-8-18-31-26-12-7-9-22(2)19-26/h4-7,9-16,21H,3,8,17-18,20H2,1-2H3. The molecule has 0 saturated carbocycles. The minimum atomic E-state index is 0.567. The summed E-state index contributed by atoms with van der Waals surface area (Å²) in [6, 6.07) is 27.6. The molecule has 0 amide bonds. The van der Waals surface area contributed by atoms with Gasteiger partial charge in [-0.25, -0.2) is 4.98 Å². The highest BCUT2D eigenvalue weighted by Crippen LogP contribution is 2.26. The van der Waals surface area contributed by atoms with Crippen LogP contribution in [0.4, 0.5) is 0 Å². The Morgan fingerprint density at radius 3 is 2.47 bits per heavy atom. The van der Waals surface area contributed by atoms with Crippen LogP contribution in [0.25, 0.3) is 11.3 Å². The van der Waals surface area contributed by atoms with E-state index >= 15 is 0 Å². The molecule has 1 radical (unpaired) electrons. The summed E-state index contributed by atoms with van der Waals surface area (Å²) in [6.07, 6.45) is 3.78. The van der Waals surface area contributed by atoms with Crippen molar-refractivity contribution in [1.29, 1.82) is 0 Å². The third-order valence-electron chi connectivity index (χ3n) is 5.37. The van der Waals surface area contributed by atoms with E-state index in [2.05, 4.69) is 41.8 Å². The number of benzene rings is 3. The second kappa shape index (κ2) is 10.7. The molecule has 4 nitrogen and oxygen atoms in total. The van der Waals surface area contributed by atoms with Crippen LogP contribution in [0, 0.1) is 13.0 Å². The maximum atomic E-state index is 5.91. The van der Waals surface area contributed by atoms with Gasteiger partial charge in [-0.1, -0.05) is 49.4 Å². The number of rotatable bonds is 10. The molecule has 4 aromatic rings. The number of aromatic nitrogens is 2. The molecular formula is C28H29N2O2. The lowest BCUT2D eigenvalue weighted by Crippen LogP contribution is -2.06. The number of ether oxygens (including phenoxy) is 2. The molecule has 4 heteroatoms. The molecule has 0 aliphatic heterocycles. The first-order valence-electron chi connectivity index (χ1n) is 11.2. The van der Waals surface area contributed by atoms with Crippen molar-refractivity contribution in [3.8, 4) is 22.8 Å². The Labute approximate surface area is 190 Å². The molecular weight excluding hydrogens is 396 g/mol. The predicted octanol–water partition coefficient (Wildman–Crippen LogP) is 6.27. The van der Waals surface area contributed by atoms with Crippen molar-refractivity contribution in [2.75, 3.05) is 6.61 Å². The van der Waals surface area contributed by atoms with Crippen LogP contribution in [0.3, 0.4) is 0 Å². The first-order chi connectivity index (χ1) is 15.7. The van der Waals surface area contributed by atoms with Crippen molar-refractivity contribution in [3.05, 3.63) is 102 Å². The molecule has 0 unspecified atom stereocenters. The van der Waals surface area contributed by atoms with Gasteiger partial charge in [-0.15, -0.1) is 0 Å². The minimum absolute atomic E-state index is 0.567. The molecule has 0 fully saturated rings.